The number of ketones is 1. The summed E-state index contributed by atoms with van der Waals surface area (Å²) in [5.74, 6) is -0.528. The van der Waals surface area contributed by atoms with Gasteiger partial charge in [-0.2, -0.15) is 0 Å². The maximum absolute atomic E-state index is 12.6. The Morgan fingerprint density at radius 3 is 2.46 bits per heavy atom. The molecule has 26 heavy (non-hydrogen) atoms. The Kier molecular flexibility index (Phi) is 6.39. The fraction of sp³-hybridized carbons (Fsp3) is 0.389. The average Bonchev–Trinajstić information content (AvgIpc) is 2.62. The summed E-state index contributed by atoms with van der Waals surface area (Å²) >= 11 is 5.87. The van der Waals surface area contributed by atoms with E-state index in [2.05, 4.69) is 5.32 Å². The number of halogens is 1. The Balaban J connectivity index is 2.25. The molecule has 7 nitrogen and oxygen atoms in total. The van der Waals surface area contributed by atoms with Gasteiger partial charge >= 0.3 is 5.69 Å². The zero-order valence-electron chi connectivity index (χ0n) is 15.1. The summed E-state index contributed by atoms with van der Waals surface area (Å²) in [5.41, 5.74) is 5.57. The quantitative estimate of drug-likeness (QED) is 0.715. The summed E-state index contributed by atoms with van der Waals surface area (Å²) in [7, 11) is 1.34. The smallest absolute Gasteiger partial charge is 0.332 e. The molecule has 0 amide bonds. The second-order valence-electron chi connectivity index (χ2n) is 6.14. The first-order valence-corrected chi connectivity index (χ1v) is 8.77. The van der Waals surface area contributed by atoms with Gasteiger partial charge in [-0.25, -0.2) is 4.79 Å². The Labute approximate surface area is 156 Å². The van der Waals surface area contributed by atoms with Crippen molar-refractivity contribution in [3.8, 4) is 0 Å². The van der Waals surface area contributed by atoms with Crippen molar-refractivity contribution >= 4 is 23.2 Å². The normalized spacial score (nSPS) is 12.2. The molecule has 0 bridgehead atoms. The number of rotatable bonds is 7. The molecule has 1 atom stereocenters. The molecular formula is C18H23ClN4O3. The average molecular weight is 379 g/mol. The molecule has 0 aliphatic rings. The fourth-order valence-electron chi connectivity index (χ4n) is 2.69. The van der Waals surface area contributed by atoms with Crippen molar-refractivity contribution < 1.29 is 4.79 Å². The first-order valence-electron chi connectivity index (χ1n) is 8.39. The molecule has 1 heterocycles. The van der Waals surface area contributed by atoms with E-state index in [-0.39, 0.29) is 24.0 Å². The molecule has 3 N–H and O–H groups in total. The number of aromatic nitrogens is 2. The molecule has 0 fully saturated rings. The highest BCUT2D eigenvalue weighted by atomic mass is 35.5. The first kappa shape index (κ1) is 19.9. The largest absolute Gasteiger partial charge is 0.384 e. The Hall–Kier alpha value is -2.38. The van der Waals surface area contributed by atoms with Crippen LogP contribution in [0.5, 0.6) is 0 Å². The maximum Gasteiger partial charge on any atom is 0.332 e. The van der Waals surface area contributed by atoms with Crippen LogP contribution < -0.4 is 22.3 Å². The van der Waals surface area contributed by atoms with E-state index in [1.54, 1.807) is 12.1 Å². The molecule has 2 rings (SSSR count). The molecular weight excluding hydrogens is 356 g/mol. The summed E-state index contributed by atoms with van der Waals surface area (Å²) in [6.07, 6.45) is 0.655. The third-order valence-corrected chi connectivity index (χ3v) is 4.50. The van der Waals surface area contributed by atoms with Crippen molar-refractivity contribution in [1.82, 2.24) is 14.5 Å². The molecule has 0 spiro atoms. The fourth-order valence-corrected chi connectivity index (χ4v) is 2.81. The van der Waals surface area contributed by atoms with Gasteiger partial charge in [-0.1, -0.05) is 30.7 Å². The minimum Gasteiger partial charge on any atom is -0.384 e. The van der Waals surface area contributed by atoms with Gasteiger partial charge in [0.15, 0.2) is 5.78 Å². The topological polar surface area (TPSA) is 99.1 Å². The lowest BCUT2D eigenvalue weighted by molar-refractivity contribution is 0.0986. The number of benzene rings is 1. The van der Waals surface area contributed by atoms with Crippen LogP contribution in [-0.4, -0.2) is 21.5 Å². The van der Waals surface area contributed by atoms with Crippen molar-refractivity contribution in [3.05, 3.63) is 61.3 Å². The summed E-state index contributed by atoms with van der Waals surface area (Å²) in [6.45, 7) is 4.05. The van der Waals surface area contributed by atoms with E-state index >= 15 is 0 Å². The highest BCUT2D eigenvalue weighted by Crippen LogP contribution is 2.16. The monoisotopic (exact) mass is 378 g/mol. The van der Waals surface area contributed by atoms with Crippen molar-refractivity contribution in [1.29, 1.82) is 0 Å². The molecule has 0 unspecified atom stereocenters. The van der Waals surface area contributed by atoms with Crippen LogP contribution in [0.1, 0.15) is 42.2 Å². The summed E-state index contributed by atoms with van der Waals surface area (Å²) in [4.78, 5) is 37.1. The lowest BCUT2D eigenvalue weighted by atomic mass is 10.1. The number of hydrogen-bond donors (Lipinski definition) is 2. The molecule has 0 saturated heterocycles. The van der Waals surface area contributed by atoms with Crippen molar-refractivity contribution in [2.24, 2.45) is 7.05 Å². The molecule has 0 aliphatic carbocycles. The first-order chi connectivity index (χ1) is 12.3. The van der Waals surface area contributed by atoms with Gasteiger partial charge in [0.2, 0.25) is 0 Å². The van der Waals surface area contributed by atoms with Crippen LogP contribution >= 0.6 is 11.6 Å². The predicted octanol–water partition coefficient (Wildman–Crippen LogP) is 1.73. The van der Waals surface area contributed by atoms with E-state index in [0.29, 0.717) is 18.0 Å². The van der Waals surface area contributed by atoms with E-state index in [1.165, 1.54) is 11.6 Å². The molecule has 1 aromatic heterocycles. The standard InChI is InChI=1S/C18H23ClN4O3/c1-4-9-23-16(20)15(17(25)22(3)18(23)26)14(24)10-21-11(2)12-5-7-13(19)8-6-12/h5-8,11,21H,4,9-10,20H2,1-3H3/t11-/m0/s1. The third-order valence-electron chi connectivity index (χ3n) is 4.25. The number of carbonyl (C=O) groups excluding carboxylic acids is 1. The third kappa shape index (κ3) is 4.05. The minimum absolute atomic E-state index is 0.0758. The number of hydrogen-bond acceptors (Lipinski definition) is 5. The number of anilines is 1. The second-order valence-corrected chi connectivity index (χ2v) is 6.57. The number of carbonyl (C=O) groups is 1. The van der Waals surface area contributed by atoms with Crippen LogP contribution in [0.3, 0.4) is 0 Å². The maximum atomic E-state index is 12.6. The van der Waals surface area contributed by atoms with Crippen LogP contribution in [0.15, 0.2) is 33.9 Å². The van der Waals surface area contributed by atoms with E-state index < -0.39 is 17.0 Å². The summed E-state index contributed by atoms with van der Waals surface area (Å²) in [5, 5.41) is 3.70. The van der Waals surface area contributed by atoms with Gasteiger partial charge in [-0.15, -0.1) is 0 Å². The van der Waals surface area contributed by atoms with Gasteiger partial charge in [-0.05, 0) is 31.0 Å². The highest BCUT2D eigenvalue weighted by molar-refractivity contribution is 6.30. The zero-order chi connectivity index (χ0) is 19.4. The lowest BCUT2D eigenvalue weighted by Crippen LogP contribution is -2.43. The number of nitrogens with zero attached hydrogens (tertiary/aromatic N) is 2. The van der Waals surface area contributed by atoms with E-state index in [1.807, 2.05) is 26.0 Å². The van der Waals surface area contributed by atoms with Crippen LogP contribution in [0.25, 0.3) is 0 Å². The van der Waals surface area contributed by atoms with Crippen LogP contribution in [0, 0.1) is 0 Å². The minimum atomic E-state index is -0.675. The number of nitrogens with two attached hydrogens (primary N) is 1. The molecule has 140 valence electrons. The zero-order valence-corrected chi connectivity index (χ0v) is 15.8. The number of nitrogens with one attached hydrogen (secondary N) is 1. The van der Waals surface area contributed by atoms with Crippen molar-refractivity contribution in [2.45, 2.75) is 32.9 Å². The molecule has 2 aromatic rings. The van der Waals surface area contributed by atoms with Gasteiger partial charge in [-0.3, -0.25) is 18.7 Å². The van der Waals surface area contributed by atoms with Crippen molar-refractivity contribution in [3.63, 3.8) is 0 Å². The summed E-state index contributed by atoms with van der Waals surface area (Å²) < 4.78 is 2.18. The summed E-state index contributed by atoms with van der Waals surface area (Å²) in [6, 6.07) is 7.14. The Bertz CT molecular complexity index is 916. The van der Waals surface area contributed by atoms with Gasteiger partial charge in [0.05, 0.1) is 6.54 Å². The molecule has 1 aromatic carbocycles. The predicted molar refractivity (Wildman–Crippen MR) is 103 cm³/mol. The number of nitrogen functional groups attached to an aromatic ring is 1. The second kappa shape index (κ2) is 8.33. The SMILES string of the molecule is CCCn1c(N)c(C(=O)CN[C@@H](C)c2ccc(Cl)cc2)c(=O)n(C)c1=O. The molecule has 0 radical (unpaired) electrons. The number of Topliss-reactive ketones (excluding diaryl/α,β-unsaturated/α-hetero) is 1. The molecule has 0 aliphatic heterocycles. The Morgan fingerprint density at radius 1 is 1.27 bits per heavy atom. The Morgan fingerprint density at radius 2 is 1.88 bits per heavy atom. The van der Waals surface area contributed by atoms with Gasteiger partial charge in [0.25, 0.3) is 5.56 Å². The highest BCUT2D eigenvalue weighted by Gasteiger charge is 2.21. The van der Waals surface area contributed by atoms with Crippen LogP contribution in [-0.2, 0) is 13.6 Å². The van der Waals surface area contributed by atoms with Gasteiger partial charge < -0.3 is 11.1 Å². The van der Waals surface area contributed by atoms with Crippen LogP contribution in [0.2, 0.25) is 5.02 Å². The molecule has 0 saturated carbocycles. The lowest BCUT2D eigenvalue weighted by Gasteiger charge is -2.16. The van der Waals surface area contributed by atoms with E-state index in [4.69, 9.17) is 17.3 Å². The van der Waals surface area contributed by atoms with E-state index in [9.17, 15) is 14.4 Å². The van der Waals surface area contributed by atoms with Crippen LogP contribution in [0.4, 0.5) is 5.82 Å². The molecule has 8 heteroatoms. The van der Waals surface area contributed by atoms with Gasteiger partial charge in [0.1, 0.15) is 11.4 Å². The van der Waals surface area contributed by atoms with Crippen molar-refractivity contribution in [2.75, 3.05) is 12.3 Å². The van der Waals surface area contributed by atoms with Gasteiger partial charge in [0, 0.05) is 24.7 Å². The van der Waals surface area contributed by atoms with E-state index in [0.717, 1.165) is 10.1 Å².